The van der Waals surface area contributed by atoms with E-state index in [0.29, 0.717) is 53.5 Å². The first-order valence-corrected chi connectivity index (χ1v) is 13.7. The zero-order chi connectivity index (χ0) is 28.4. The Morgan fingerprint density at radius 1 is 1.15 bits per heavy atom. The van der Waals surface area contributed by atoms with Crippen molar-refractivity contribution in [2.75, 3.05) is 20.8 Å². The van der Waals surface area contributed by atoms with E-state index in [1.807, 2.05) is 13.8 Å². The monoisotopic (exact) mass is 590 g/mol. The van der Waals surface area contributed by atoms with Gasteiger partial charge in [0.05, 0.1) is 53.8 Å². The fourth-order valence-corrected chi connectivity index (χ4v) is 5.98. The standard InChI is InChI=1S/C28H28Cl2N2O6S/c1-7-37-27(34)23-15(4)31-28-32(24(23)16-8-9-20(38-14(2)3)21(11-16)35-5)26(33)22(39-28)12-17-10-18(29)13-19(30)25(17)36-6/h8-14,24H,7H2,1-6H3/b22-12+/t24-/m1/s1. The van der Waals surface area contributed by atoms with Crippen LogP contribution in [-0.4, -0.2) is 37.5 Å². The SMILES string of the molecule is CCOC(=O)C1=C(C)N=c2s/c(=C/c3cc(Cl)cc(Cl)c3OC)c(=O)n2[C@@H]1c1ccc(OC(C)C)c(OC)c1. The Balaban J connectivity index is 1.98. The van der Waals surface area contributed by atoms with Gasteiger partial charge < -0.3 is 18.9 Å². The molecule has 0 aliphatic carbocycles. The maximum Gasteiger partial charge on any atom is 0.338 e. The van der Waals surface area contributed by atoms with Gasteiger partial charge in [0.25, 0.3) is 5.56 Å². The summed E-state index contributed by atoms with van der Waals surface area (Å²) in [5, 5.41) is 0.715. The Hall–Kier alpha value is -3.27. The minimum absolute atomic E-state index is 0.0726. The summed E-state index contributed by atoms with van der Waals surface area (Å²) in [4.78, 5) is 32.1. The molecule has 0 N–H and O–H groups in total. The summed E-state index contributed by atoms with van der Waals surface area (Å²) in [5.74, 6) is 0.853. The molecule has 0 fully saturated rings. The van der Waals surface area contributed by atoms with Crippen LogP contribution in [0.4, 0.5) is 0 Å². The van der Waals surface area contributed by atoms with Gasteiger partial charge in [-0.2, -0.15) is 0 Å². The summed E-state index contributed by atoms with van der Waals surface area (Å²) in [6.07, 6.45) is 1.58. The summed E-state index contributed by atoms with van der Waals surface area (Å²) in [7, 11) is 3.03. The molecule has 0 radical (unpaired) electrons. The molecule has 206 valence electrons. The number of allylic oxidation sites excluding steroid dienone is 1. The van der Waals surface area contributed by atoms with Gasteiger partial charge in [-0.1, -0.05) is 40.6 Å². The van der Waals surface area contributed by atoms with E-state index < -0.39 is 12.0 Å². The van der Waals surface area contributed by atoms with E-state index in [-0.39, 0.29) is 23.8 Å². The Bertz CT molecular complexity index is 1640. The number of benzene rings is 2. The average Bonchev–Trinajstić information content (AvgIpc) is 3.17. The zero-order valence-electron chi connectivity index (χ0n) is 22.3. The molecule has 39 heavy (non-hydrogen) atoms. The van der Waals surface area contributed by atoms with Crippen molar-refractivity contribution in [3.63, 3.8) is 0 Å². The molecule has 0 bridgehead atoms. The third-order valence-corrected chi connectivity index (χ3v) is 7.39. The molecule has 2 heterocycles. The number of aromatic nitrogens is 1. The number of hydrogen-bond acceptors (Lipinski definition) is 8. The fourth-order valence-electron chi connectivity index (χ4n) is 4.36. The molecule has 0 unspecified atom stereocenters. The molecule has 0 amide bonds. The molecule has 1 aromatic heterocycles. The van der Waals surface area contributed by atoms with Crippen molar-refractivity contribution in [1.82, 2.24) is 4.57 Å². The molecule has 11 heteroatoms. The average molecular weight is 592 g/mol. The highest BCUT2D eigenvalue weighted by atomic mass is 35.5. The third kappa shape index (κ3) is 5.71. The highest BCUT2D eigenvalue weighted by molar-refractivity contribution is 7.07. The maximum atomic E-state index is 13.9. The van der Waals surface area contributed by atoms with Gasteiger partial charge in [-0.05, 0) is 63.6 Å². The smallest absolute Gasteiger partial charge is 0.338 e. The predicted molar refractivity (Wildman–Crippen MR) is 152 cm³/mol. The number of thiazole rings is 1. The Morgan fingerprint density at radius 3 is 2.54 bits per heavy atom. The quantitative estimate of drug-likeness (QED) is 0.346. The highest BCUT2D eigenvalue weighted by Crippen LogP contribution is 2.37. The molecule has 8 nitrogen and oxygen atoms in total. The maximum absolute atomic E-state index is 13.9. The molecule has 0 saturated heterocycles. The second-order valence-electron chi connectivity index (χ2n) is 8.89. The Labute approximate surface area is 239 Å². The van der Waals surface area contributed by atoms with Crippen LogP contribution in [0.15, 0.2) is 51.4 Å². The Morgan fingerprint density at radius 2 is 1.90 bits per heavy atom. The number of fused-ring (bicyclic) bond motifs is 1. The second-order valence-corrected chi connectivity index (χ2v) is 10.7. The lowest BCUT2D eigenvalue weighted by Crippen LogP contribution is -2.40. The van der Waals surface area contributed by atoms with Crippen molar-refractivity contribution in [3.05, 3.63) is 82.5 Å². The van der Waals surface area contributed by atoms with Gasteiger partial charge in [0, 0.05) is 10.6 Å². The largest absolute Gasteiger partial charge is 0.495 e. The number of methoxy groups -OCH3 is 2. The number of carbonyl (C=O) groups is 1. The minimum atomic E-state index is -0.811. The van der Waals surface area contributed by atoms with Crippen molar-refractivity contribution < 1.29 is 23.7 Å². The number of nitrogens with zero attached hydrogens (tertiary/aromatic N) is 2. The predicted octanol–water partition coefficient (Wildman–Crippen LogP) is 4.91. The highest BCUT2D eigenvalue weighted by Gasteiger charge is 2.34. The number of esters is 1. The zero-order valence-corrected chi connectivity index (χ0v) is 24.7. The summed E-state index contributed by atoms with van der Waals surface area (Å²) >= 11 is 13.7. The van der Waals surface area contributed by atoms with Crippen LogP contribution in [-0.2, 0) is 9.53 Å². The number of rotatable bonds is 8. The van der Waals surface area contributed by atoms with Crippen LogP contribution >= 0.6 is 34.5 Å². The molecular formula is C28H28Cl2N2O6S. The van der Waals surface area contributed by atoms with E-state index in [1.54, 1.807) is 50.3 Å². The summed E-state index contributed by atoms with van der Waals surface area (Å²) < 4.78 is 24.1. The van der Waals surface area contributed by atoms with Gasteiger partial charge in [0.1, 0.15) is 5.75 Å². The van der Waals surface area contributed by atoms with Crippen LogP contribution in [0.5, 0.6) is 17.2 Å². The van der Waals surface area contributed by atoms with Crippen LogP contribution < -0.4 is 29.1 Å². The summed E-state index contributed by atoms with van der Waals surface area (Å²) in [6, 6.07) is 7.75. The van der Waals surface area contributed by atoms with E-state index >= 15 is 0 Å². The molecule has 2 aromatic carbocycles. The molecule has 0 saturated carbocycles. The number of ether oxygens (including phenoxy) is 4. The van der Waals surface area contributed by atoms with Crippen molar-refractivity contribution in [1.29, 1.82) is 0 Å². The summed E-state index contributed by atoms with van der Waals surface area (Å²) in [5.41, 5.74) is 1.54. The van der Waals surface area contributed by atoms with E-state index in [2.05, 4.69) is 4.99 Å². The number of carbonyl (C=O) groups excluding carboxylic acids is 1. The molecule has 1 aliphatic heterocycles. The molecule has 1 aliphatic rings. The summed E-state index contributed by atoms with van der Waals surface area (Å²) in [6.45, 7) is 7.45. The van der Waals surface area contributed by atoms with Crippen molar-refractivity contribution in [2.45, 2.75) is 39.8 Å². The van der Waals surface area contributed by atoms with Crippen LogP contribution in [0.3, 0.4) is 0 Å². The van der Waals surface area contributed by atoms with Gasteiger partial charge in [0.15, 0.2) is 16.3 Å². The van der Waals surface area contributed by atoms with Gasteiger partial charge in [-0.15, -0.1) is 0 Å². The van der Waals surface area contributed by atoms with Crippen LogP contribution in [0.2, 0.25) is 10.0 Å². The van der Waals surface area contributed by atoms with E-state index in [1.165, 1.54) is 30.1 Å². The first kappa shape index (κ1) is 28.7. The Kier molecular flexibility index (Phi) is 8.73. The lowest BCUT2D eigenvalue weighted by Gasteiger charge is -2.25. The normalized spacial score (nSPS) is 15.2. The molecule has 4 rings (SSSR count). The van der Waals surface area contributed by atoms with E-state index in [0.717, 1.165) is 0 Å². The fraction of sp³-hybridized carbons (Fsp3) is 0.321. The van der Waals surface area contributed by atoms with E-state index in [9.17, 15) is 9.59 Å². The van der Waals surface area contributed by atoms with E-state index in [4.69, 9.17) is 42.1 Å². The molecule has 3 aromatic rings. The lowest BCUT2D eigenvalue weighted by molar-refractivity contribution is -0.139. The van der Waals surface area contributed by atoms with Crippen LogP contribution in [0.1, 0.15) is 44.9 Å². The lowest BCUT2D eigenvalue weighted by atomic mass is 9.95. The molecular weight excluding hydrogens is 563 g/mol. The van der Waals surface area contributed by atoms with Crippen molar-refractivity contribution >= 4 is 46.6 Å². The van der Waals surface area contributed by atoms with Gasteiger partial charge in [0.2, 0.25) is 0 Å². The topological polar surface area (TPSA) is 88.4 Å². The van der Waals surface area contributed by atoms with Crippen molar-refractivity contribution in [2.24, 2.45) is 4.99 Å². The first-order chi connectivity index (χ1) is 18.6. The van der Waals surface area contributed by atoms with Gasteiger partial charge >= 0.3 is 5.97 Å². The van der Waals surface area contributed by atoms with Gasteiger partial charge in [-0.3, -0.25) is 9.36 Å². The van der Waals surface area contributed by atoms with Crippen molar-refractivity contribution in [3.8, 4) is 17.2 Å². The van der Waals surface area contributed by atoms with Crippen LogP contribution in [0, 0.1) is 0 Å². The number of halogens is 2. The molecule has 1 atom stereocenters. The van der Waals surface area contributed by atoms with Gasteiger partial charge in [-0.25, -0.2) is 9.79 Å². The molecule has 0 spiro atoms. The second kappa shape index (κ2) is 11.9. The first-order valence-electron chi connectivity index (χ1n) is 12.2. The number of hydrogen-bond donors (Lipinski definition) is 0. The van der Waals surface area contributed by atoms with Crippen LogP contribution in [0.25, 0.3) is 6.08 Å². The minimum Gasteiger partial charge on any atom is -0.495 e. The third-order valence-electron chi connectivity index (χ3n) is 5.91.